The molecule has 10 heteroatoms. The Hall–Kier alpha value is -2.46. The van der Waals surface area contributed by atoms with Gasteiger partial charge in [-0.15, -0.1) is 0 Å². The average Bonchev–Trinajstić information content (AvgIpc) is 3.10. The lowest BCUT2D eigenvalue weighted by Gasteiger charge is -2.32. The summed E-state index contributed by atoms with van der Waals surface area (Å²) in [4.78, 5) is 30.8. The van der Waals surface area contributed by atoms with Crippen LogP contribution in [0.2, 0.25) is 0 Å². The first-order valence-corrected chi connectivity index (χ1v) is 10.2. The third-order valence-electron chi connectivity index (χ3n) is 5.45. The van der Waals surface area contributed by atoms with Crippen LogP contribution in [0.4, 0.5) is 8.78 Å². The molecule has 30 heavy (non-hydrogen) atoms. The first kappa shape index (κ1) is 22.2. The lowest BCUT2D eigenvalue weighted by molar-refractivity contribution is -0.144. The number of amides is 2. The molecule has 1 aromatic carbocycles. The van der Waals surface area contributed by atoms with E-state index in [9.17, 15) is 23.5 Å². The normalized spacial score (nSPS) is 24.5. The minimum Gasteiger partial charge on any atom is -0.391 e. The van der Waals surface area contributed by atoms with Crippen LogP contribution >= 0.6 is 12.2 Å². The number of benzene rings is 1. The standard InChI is InChI=1S/C20H24F2N4O3S/c21-20(22)8-6-13(7-9-20)18(29)26-11-14(27)10-15(26)17(28)25-19(30)24-16(23)12-4-2-1-3-5-12/h1-5,13-15,27H,6-11H2,(H3,23,24,25,28,30). The summed E-state index contributed by atoms with van der Waals surface area (Å²) in [6.07, 6.45) is -1.42. The zero-order chi connectivity index (χ0) is 21.9. The number of aliphatic hydroxyl groups is 1. The number of hydrogen-bond acceptors (Lipinski definition) is 4. The maximum absolute atomic E-state index is 13.4. The summed E-state index contributed by atoms with van der Waals surface area (Å²) in [6.45, 7) is -0.0218. The Bertz CT molecular complexity index is 840. The van der Waals surface area contributed by atoms with Gasteiger partial charge in [-0.1, -0.05) is 30.3 Å². The van der Waals surface area contributed by atoms with Crippen LogP contribution in [-0.4, -0.2) is 57.4 Å². The van der Waals surface area contributed by atoms with Crippen LogP contribution in [0.1, 0.15) is 37.7 Å². The quantitative estimate of drug-likeness (QED) is 0.377. The predicted molar refractivity (Wildman–Crippen MR) is 111 cm³/mol. The zero-order valence-electron chi connectivity index (χ0n) is 16.3. The summed E-state index contributed by atoms with van der Waals surface area (Å²) in [5.74, 6) is -4.18. The molecule has 4 N–H and O–H groups in total. The van der Waals surface area contributed by atoms with Crippen LogP contribution in [-0.2, 0) is 9.59 Å². The fourth-order valence-corrected chi connectivity index (χ4v) is 4.03. The van der Waals surface area contributed by atoms with Crippen molar-refractivity contribution in [3.05, 3.63) is 35.9 Å². The van der Waals surface area contributed by atoms with E-state index in [1.807, 2.05) is 6.07 Å². The molecule has 1 heterocycles. The van der Waals surface area contributed by atoms with Crippen molar-refractivity contribution in [2.45, 2.75) is 50.2 Å². The summed E-state index contributed by atoms with van der Waals surface area (Å²) in [7, 11) is 0. The van der Waals surface area contributed by atoms with Crippen molar-refractivity contribution in [3.8, 4) is 0 Å². The summed E-state index contributed by atoms with van der Waals surface area (Å²) >= 11 is 5.08. The molecule has 2 amide bonds. The molecular formula is C20H24F2N4O3S. The van der Waals surface area contributed by atoms with Crippen molar-refractivity contribution in [3.63, 3.8) is 0 Å². The van der Waals surface area contributed by atoms with Crippen molar-refractivity contribution < 1.29 is 23.5 Å². The van der Waals surface area contributed by atoms with Gasteiger partial charge in [-0.05, 0) is 25.1 Å². The third-order valence-corrected chi connectivity index (χ3v) is 5.65. The van der Waals surface area contributed by atoms with E-state index in [1.165, 1.54) is 4.90 Å². The molecule has 1 saturated carbocycles. The molecule has 2 fully saturated rings. The number of nitrogens with zero attached hydrogens (tertiary/aromatic N) is 2. The van der Waals surface area contributed by atoms with Gasteiger partial charge in [-0.25, -0.2) is 13.8 Å². The van der Waals surface area contributed by atoms with E-state index in [0.717, 1.165) is 0 Å². The molecule has 2 aliphatic rings. The number of β-amino-alcohol motifs (C(OH)–C–C–N with tert-alkyl or cyclic N) is 1. The van der Waals surface area contributed by atoms with Crippen LogP contribution in [0.25, 0.3) is 0 Å². The molecule has 1 saturated heterocycles. The Balaban J connectivity index is 1.64. The molecule has 2 unspecified atom stereocenters. The number of thiocarbonyl (C=S) groups is 1. The molecule has 7 nitrogen and oxygen atoms in total. The Morgan fingerprint density at radius 1 is 1.23 bits per heavy atom. The highest BCUT2D eigenvalue weighted by Gasteiger charge is 2.44. The molecule has 0 bridgehead atoms. The van der Waals surface area contributed by atoms with Gasteiger partial charge in [0.2, 0.25) is 22.8 Å². The zero-order valence-corrected chi connectivity index (χ0v) is 17.1. The molecule has 3 rings (SSSR count). The number of amidine groups is 1. The molecular weight excluding hydrogens is 414 g/mol. The van der Waals surface area contributed by atoms with Crippen LogP contribution in [0.5, 0.6) is 0 Å². The second kappa shape index (κ2) is 9.13. The topological polar surface area (TPSA) is 108 Å². The number of alkyl halides is 2. The highest BCUT2D eigenvalue weighted by molar-refractivity contribution is 7.80. The Labute approximate surface area is 178 Å². The maximum atomic E-state index is 13.4. The van der Waals surface area contributed by atoms with Crippen molar-refractivity contribution in [2.75, 3.05) is 6.54 Å². The third kappa shape index (κ3) is 5.37. The predicted octanol–water partition coefficient (Wildman–Crippen LogP) is 1.58. The summed E-state index contributed by atoms with van der Waals surface area (Å²) in [5, 5.41) is 12.3. The molecule has 0 aromatic heterocycles. The molecule has 0 spiro atoms. The second-order valence-electron chi connectivity index (χ2n) is 7.68. The lowest BCUT2D eigenvalue weighted by Crippen LogP contribution is -2.49. The largest absolute Gasteiger partial charge is 0.391 e. The van der Waals surface area contributed by atoms with Crippen LogP contribution in [0, 0.1) is 5.92 Å². The van der Waals surface area contributed by atoms with E-state index in [-0.39, 0.29) is 55.5 Å². The van der Waals surface area contributed by atoms with Crippen molar-refractivity contribution in [2.24, 2.45) is 16.6 Å². The number of hydrogen-bond donors (Lipinski definition) is 3. The van der Waals surface area contributed by atoms with Gasteiger partial charge in [0, 0.05) is 37.3 Å². The van der Waals surface area contributed by atoms with E-state index < -0.39 is 29.9 Å². The highest BCUT2D eigenvalue weighted by atomic mass is 32.1. The number of nitrogens with one attached hydrogen (secondary N) is 1. The van der Waals surface area contributed by atoms with E-state index >= 15 is 0 Å². The Kier molecular flexibility index (Phi) is 6.77. The van der Waals surface area contributed by atoms with Gasteiger partial charge < -0.3 is 15.7 Å². The number of carbonyl (C=O) groups is 2. The van der Waals surface area contributed by atoms with Crippen molar-refractivity contribution >= 4 is 35.0 Å². The number of nitrogens with two attached hydrogens (primary N) is 1. The molecule has 2 atom stereocenters. The van der Waals surface area contributed by atoms with E-state index in [4.69, 9.17) is 18.0 Å². The minimum absolute atomic E-state index is 0.0218. The summed E-state index contributed by atoms with van der Waals surface area (Å²) in [5.41, 5.74) is 6.52. The monoisotopic (exact) mass is 438 g/mol. The van der Waals surface area contributed by atoms with Gasteiger partial charge in [-0.2, -0.15) is 0 Å². The number of aliphatic hydroxyl groups excluding tert-OH is 1. The molecule has 162 valence electrons. The first-order valence-electron chi connectivity index (χ1n) is 9.77. The van der Waals surface area contributed by atoms with Gasteiger partial charge in [0.05, 0.1) is 6.10 Å². The number of carbonyl (C=O) groups excluding carboxylic acids is 2. The highest BCUT2D eigenvalue weighted by Crippen LogP contribution is 2.37. The second-order valence-corrected chi connectivity index (χ2v) is 8.07. The van der Waals surface area contributed by atoms with Crippen LogP contribution in [0.3, 0.4) is 0 Å². The van der Waals surface area contributed by atoms with Gasteiger partial charge in [0.25, 0.3) is 0 Å². The molecule has 1 aromatic rings. The summed E-state index contributed by atoms with van der Waals surface area (Å²) < 4.78 is 26.8. The number of aliphatic imine (C=N–C) groups is 1. The van der Waals surface area contributed by atoms with Gasteiger partial charge >= 0.3 is 0 Å². The van der Waals surface area contributed by atoms with Gasteiger partial charge in [0.1, 0.15) is 11.9 Å². The van der Waals surface area contributed by atoms with Gasteiger partial charge in [-0.3, -0.25) is 14.9 Å². The lowest BCUT2D eigenvalue weighted by atomic mass is 9.85. The SMILES string of the molecule is NC(=NC(=S)NC(=O)C1CC(O)CN1C(=O)C1CCC(F)(F)CC1)c1ccccc1. The Morgan fingerprint density at radius 2 is 1.87 bits per heavy atom. The Morgan fingerprint density at radius 3 is 2.50 bits per heavy atom. The molecule has 1 aliphatic heterocycles. The van der Waals surface area contributed by atoms with Crippen LogP contribution in [0.15, 0.2) is 35.3 Å². The first-order chi connectivity index (χ1) is 14.2. The van der Waals surface area contributed by atoms with Gasteiger partial charge in [0.15, 0.2) is 0 Å². The number of halogens is 2. The van der Waals surface area contributed by atoms with E-state index in [2.05, 4.69) is 10.3 Å². The smallest absolute Gasteiger partial charge is 0.249 e. The van der Waals surface area contributed by atoms with E-state index in [1.54, 1.807) is 24.3 Å². The number of rotatable bonds is 3. The minimum atomic E-state index is -2.75. The number of likely N-dealkylation sites (tertiary alicyclic amines) is 1. The fourth-order valence-electron chi connectivity index (χ4n) is 3.83. The van der Waals surface area contributed by atoms with Crippen molar-refractivity contribution in [1.29, 1.82) is 0 Å². The van der Waals surface area contributed by atoms with E-state index in [0.29, 0.717) is 5.56 Å². The molecule has 1 aliphatic carbocycles. The average molecular weight is 439 g/mol. The fraction of sp³-hybridized carbons (Fsp3) is 0.500. The summed E-state index contributed by atoms with van der Waals surface area (Å²) in [6, 6.07) is 7.92. The maximum Gasteiger partial charge on any atom is 0.249 e. The van der Waals surface area contributed by atoms with Crippen molar-refractivity contribution in [1.82, 2.24) is 10.2 Å². The molecule has 0 radical (unpaired) electrons. The van der Waals surface area contributed by atoms with Crippen LogP contribution < -0.4 is 11.1 Å².